The van der Waals surface area contributed by atoms with Gasteiger partial charge in [-0.25, -0.2) is 27.0 Å². The highest BCUT2D eigenvalue weighted by molar-refractivity contribution is 7.91. The number of anilines is 1. The molecule has 2 aliphatic carbocycles. The Kier molecular flexibility index (Phi) is 11.9. The molecule has 2 saturated heterocycles. The van der Waals surface area contributed by atoms with Gasteiger partial charge in [0, 0.05) is 43.1 Å². The minimum atomic E-state index is -4.09. The summed E-state index contributed by atoms with van der Waals surface area (Å²) in [5, 5.41) is 15.0. The molecule has 5 aliphatic rings. The number of halogens is 2. The molecule has 0 radical (unpaired) electrons. The van der Waals surface area contributed by atoms with Crippen molar-refractivity contribution >= 4 is 50.3 Å². The van der Waals surface area contributed by atoms with Crippen LogP contribution in [0, 0.1) is 17.8 Å². The number of amides is 4. The number of pyridine rings is 1. The highest BCUT2D eigenvalue weighted by Crippen LogP contribution is 2.48. The van der Waals surface area contributed by atoms with Crippen LogP contribution < -0.4 is 19.7 Å². The van der Waals surface area contributed by atoms with Crippen LogP contribution in [0.15, 0.2) is 42.6 Å². The van der Waals surface area contributed by atoms with E-state index in [1.54, 1.807) is 26.1 Å². The van der Waals surface area contributed by atoms with E-state index in [9.17, 15) is 27.9 Å². The van der Waals surface area contributed by atoms with E-state index in [1.165, 1.54) is 4.90 Å². The van der Waals surface area contributed by atoms with E-state index in [-0.39, 0.29) is 31.2 Å². The fourth-order valence-corrected chi connectivity index (χ4v) is 10.4. The molecular formula is C43H58F2N6O9S. The molecule has 18 heteroatoms. The quantitative estimate of drug-likeness (QED) is 0.285. The maximum atomic E-state index is 15.4. The van der Waals surface area contributed by atoms with E-state index in [4.69, 9.17) is 9.47 Å². The standard InChI is InChI=1S/C43H58F2N6O9S/c1-26-11-7-8-12-28-23-43(28,38(54)48-61(57,58)41(5)15-16-41)47-35(52)32-22-29(60-36-31-14-10-9-13-30(31)33(24-46-36)49-17-19-59-20-18-49)25-50(32)37(53)34(27(2)21-26)51(39(55)56)40(3,4)42(6,44)45/h8-10,12-14,24,26-29,32,34H,7,11,15-23,25H2,1-6H3,(H,47,52)(H,48,54)(H,55,56)/t26-,27-,28-,29-,32+,34+,43-/m1/s1. The number of sulfonamides is 1. The van der Waals surface area contributed by atoms with Gasteiger partial charge in [-0.05, 0) is 77.2 Å². The molecule has 1 aromatic heterocycles. The number of fused-ring (bicyclic) bond motifs is 3. The van der Waals surface area contributed by atoms with Gasteiger partial charge in [0.1, 0.15) is 29.3 Å². The van der Waals surface area contributed by atoms with Gasteiger partial charge in [-0.3, -0.25) is 24.0 Å². The van der Waals surface area contributed by atoms with Crippen LogP contribution in [0.5, 0.6) is 5.88 Å². The predicted octanol–water partition coefficient (Wildman–Crippen LogP) is 5.09. The molecule has 61 heavy (non-hydrogen) atoms. The number of benzene rings is 1. The van der Waals surface area contributed by atoms with E-state index in [0.29, 0.717) is 75.6 Å². The summed E-state index contributed by atoms with van der Waals surface area (Å²) >= 11 is 0. The number of nitrogens with zero attached hydrogens (tertiary/aromatic N) is 4. The molecule has 7 rings (SSSR count). The monoisotopic (exact) mass is 872 g/mol. The Morgan fingerprint density at radius 1 is 1.08 bits per heavy atom. The van der Waals surface area contributed by atoms with Crippen LogP contribution >= 0.6 is 0 Å². The second-order valence-corrected chi connectivity index (χ2v) is 20.8. The Hall–Kier alpha value is -4.58. The van der Waals surface area contributed by atoms with Crippen LogP contribution in [0.2, 0.25) is 0 Å². The van der Waals surface area contributed by atoms with Gasteiger partial charge in [0.05, 0.1) is 36.4 Å². The smallest absolute Gasteiger partial charge is 0.408 e. The lowest BCUT2D eigenvalue weighted by atomic mass is 9.84. The fraction of sp³-hybridized carbons (Fsp3) is 0.651. The lowest BCUT2D eigenvalue weighted by molar-refractivity contribution is -0.156. The SMILES string of the molecule is C[C@@H]1CCC=C[C@@H]2C[C@@]2(C(=O)NS(=O)(=O)C2(C)CC2)NC(=O)[C@@H]2C[C@@H](Oc3ncc(N4CCOCC4)c4ccccc34)CN2C(=O)[C@@H](N(C(=O)O)C(C)(C)C(C)(F)F)[C@H](C)C1. The van der Waals surface area contributed by atoms with E-state index >= 15 is 13.6 Å². The molecular weight excluding hydrogens is 815 g/mol. The van der Waals surface area contributed by atoms with Gasteiger partial charge in [0.15, 0.2) is 0 Å². The number of aromatic nitrogens is 1. The summed E-state index contributed by atoms with van der Waals surface area (Å²) in [6, 6.07) is 4.50. The topological polar surface area (TPSA) is 188 Å². The summed E-state index contributed by atoms with van der Waals surface area (Å²) in [6.07, 6.45) is 4.86. The number of morpholine rings is 1. The first-order valence-corrected chi connectivity index (χ1v) is 22.7. The van der Waals surface area contributed by atoms with E-state index in [1.807, 2.05) is 37.3 Å². The van der Waals surface area contributed by atoms with Gasteiger partial charge in [0.2, 0.25) is 27.7 Å². The normalized spacial score (nSPS) is 29.7. The van der Waals surface area contributed by atoms with E-state index in [0.717, 1.165) is 24.9 Å². The lowest BCUT2D eigenvalue weighted by Gasteiger charge is -2.47. The van der Waals surface area contributed by atoms with Crippen molar-refractivity contribution in [2.24, 2.45) is 17.8 Å². The van der Waals surface area contributed by atoms with E-state index < -0.39 is 85.6 Å². The second-order valence-electron chi connectivity index (χ2n) is 18.6. The van der Waals surface area contributed by atoms with Gasteiger partial charge in [0.25, 0.3) is 11.8 Å². The van der Waals surface area contributed by atoms with Gasteiger partial charge < -0.3 is 29.7 Å². The van der Waals surface area contributed by atoms with Gasteiger partial charge in [-0.2, -0.15) is 0 Å². The lowest BCUT2D eigenvalue weighted by Crippen LogP contribution is -2.66. The number of allylic oxidation sites excluding steroid dienone is 1. The van der Waals surface area contributed by atoms with Crippen LogP contribution in [-0.2, 0) is 29.1 Å². The Balaban J connectivity index is 1.28. The number of carbonyl (C=O) groups is 4. The highest BCUT2D eigenvalue weighted by Gasteiger charge is 2.63. The first-order chi connectivity index (χ1) is 28.6. The number of hydrogen-bond acceptors (Lipinski definition) is 10. The average Bonchev–Trinajstić information content (AvgIpc) is 4.08. The van der Waals surface area contributed by atoms with Crippen molar-refractivity contribution < 1.29 is 51.0 Å². The number of alkyl halides is 2. The summed E-state index contributed by atoms with van der Waals surface area (Å²) in [7, 11) is -4.09. The molecule has 2 saturated carbocycles. The number of ether oxygens (including phenoxy) is 2. The first kappa shape index (κ1) is 44.5. The number of nitrogens with one attached hydrogen (secondary N) is 2. The molecule has 0 spiro atoms. The molecule has 0 unspecified atom stereocenters. The van der Waals surface area contributed by atoms with Crippen molar-refractivity contribution in [3.05, 3.63) is 42.6 Å². The average molecular weight is 873 g/mol. The number of carboxylic acid groups (broad SMARTS) is 1. The third kappa shape index (κ3) is 8.50. The summed E-state index contributed by atoms with van der Waals surface area (Å²) < 4.78 is 70.6. The Labute approximate surface area is 355 Å². The third-order valence-electron chi connectivity index (χ3n) is 13.7. The van der Waals surface area contributed by atoms with Crippen LogP contribution in [0.25, 0.3) is 10.8 Å². The predicted molar refractivity (Wildman–Crippen MR) is 223 cm³/mol. The molecule has 2 aromatic rings. The van der Waals surface area contributed by atoms with Crippen molar-refractivity contribution in [1.29, 1.82) is 0 Å². The molecule has 334 valence electrons. The van der Waals surface area contributed by atoms with Gasteiger partial charge in [-0.1, -0.05) is 44.2 Å². The summed E-state index contributed by atoms with van der Waals surface area (Å²) in [5.41, 5.74) is -3.15. The number of carbonyl (C=O) groups excluding carboxylic acids is 3. The minimum absolute atomic E-state index is 0.0948. The maximum Gasteiger partial charge on any atom is 0.408 e. The van der Waals surface area contributed by atoms with Gasteiger partial charge in [-0.15, -0.1) is 0 Å². The van der Waals surface area contributed by atoms with Crippen LogP contribution in [-0.4, -0.2) is 125 Å². The summed E-state index contributed by atoms with van der Waals surface area (Å²) in [6.45, 7) is 10.1. The molecule has 4 heterocycles. The molecule has 0 bridgehead atoms. The largest absolute Gasteiger partial charge is 0.472 e. The van der Waals surface area contributed by atoms with Crippen LogP contribution in [0.1, 0.15) is 86.5 Å². The molecule has 4 fully saturated rings. The molecule has 7 atom stereocenters. The molecule has 4 amide bonds. The number of hydrogen-bond donors (Lipinski definition) is 3. The fourth-order valence-electron chi connectivity index (χ4n) is 9.12. The molecule has 3 aliphatic heterocycles. The van der Waals surface area contributed by atoms with Crippen LogP contribution in [0.4, 0.5) is 19.3 Å². The highest BCUT2D eigenvalue weighted by atomic mass is 32.2. The first-order valence-electron chi connectivity index (χ1n) is 21.2. The number of rotatable bonds is 9. The zero-order valence-corrected chi connectivity index (χ0v) is 36.5. The van der Waals surface area contributed by atoms with E-state index in [2.05, 4.69) is 19.9 Å². The second kappa shape index (κ2) is 16.3. The maximum absolute atomic E-state index is 15.4. The molecule has 1 aromatic carbocycles. The third-order valence-corrected chi connectivity index (χ3v) is 15.9. The zero-order valence-electron chi connectivity index (χ0n) is 35.7. The van der Waals surface area contributed by atoms with Crippen molar-refractivity contribution in [3.63, 3.8) is 0 Å². The zero-order chi connectivity index (χ0) is 44.3. The minimum Gasteiger partial charge on any atom is -0.472 e. The van der Waals surface area contributed by atoms with Gasteiger partial charge >= 0.3 is 6.09 Å². The molecule has 3 N–H and O–H groups in total. The summed E-state index contributed by atoms with van der Waals surface area (Å²) in [4.78, 5) is 65.7. The van der Waals surface area contributed by atoms with Crippen molar-refractivity contribution in [3.8, 4) is 5.88 Å². The molecule has 15 nitrogen and oxygen atoms in total. The van der Waals surface area contributed by atoms with Crippen molar-refractivity contribution in [2.75, 3.05) is 37.7 Å². The Bertz CT molecular complexity index is 2190. The van der Waals surface area contributed by atoms with Crippen molar-refractivity contribution in [1.82, 2.24) is 24.8 Å². The van der Waals surface area contributed by atoms with Crippen molar-refractivity contribution in [2.45, 2.75) is 126 Å². The summed E-state index contributed by atoms with van der Waals surface area (Å²) in [5.74, 6) is -7.35. The van der Waals surface area contributed by atoms with Crippen LogP contribution in [0.3, 0.4) is 0 Å². The Morgan fingerprint density at radius 3 is 2.39 bits per heavy atom. The Morgan fingerprint density at radius 2 is 1.75 bits per heavy atom.